The molecule has 1 aromatic carbocycles. The van der Waals surface area contributed by atoms with Crippen molar-refractivity contribution in [2.24, 2.45) is 0 Å². The molecule has 1 saturated heterocycles. The zero-order valence-electron chi connectivity index (χ0n) is 8.89. The predicted molar refractivity (Wildman–Crippen MR) is 65.1 cm³/mol. The van der Waals surface area contributed by atoms with E-state index >= 15 is 0 Å². The van der Waals surface area contributed by atoms with E-state index in [1.54, 1.807) is 6.07 Å². The smallest absolute Gasteiger partial charge is 0.116 e. The average molecular weight is 270 g/mol. The van der Waals surface area contributed by atoms with Crippen LogP contribution in [0.3, 0.4) is 0 Å². The highest BCUT2D eigenvalue weighted by atomic mass is 79.9. The second kappa shape index (κ2) is 4.54. The number of rotatable bonds is 1. The van der Waals surface area contributed by atoms with Crippen molar-refractivity contribution in [1.29, 1.82) is 0 Å². The van der Waals surface area contributed by atoms with Crippen LogP contribution >= 0.6 is 15.9 Å². The van der Waals surface area contributed by atoms with Crippen LogP contribution in [0.2, 0.25) is 0 Å². The highest BCUT2D eigenvalue weighted by Crippen LogP contribution is 2.34. The van der Waals surface area contributed by atoms with E-state index in [0.29, 0.717) is 11.8 Å². The van der Waals surface area contributed by atoms with Crippen LogP contribution in [0.25, 0.3) is 0 Å². The van der Waals surface area contributed by atoms with Crippen LogP contribution in [0.15, 0.2) is 16.6 Å². The first-order valence-corrected chi connectivity index (χ1v) is 6.20. The minimum absolute atomic E-state index is 0.359. The first-order chi connectivity index (χ1) is 7.18. The Labute approximate surface area is 98.8 Å². The van der Waals surface area contributed by atoms with Crippen molar-refractivity contribution < 1.29 is 5.11 Å². The highest BCUT2D eigenvalue weighted by Gasteiger charge is 2.18. The molecule has 2 nitrogen and oxygen atoms in total. The molecule has 3 heteroatoms. The average Bonchev–Trinajstić information content (AvgIpc) is 2.24. The summed E-state index contributed by atoms with van der Waals surface area (Å²) in [5, 5.41) is 13.1. The Morgan fingerprint density at radius 3 is 2.87 bits per heavy atom. The van der Waals surface area contributed by atoms with Crippen LogP contribution in [0, 0.1) is 6.92 Å². The molecule has 1 atom stereocenters. The summed E-state index contributed by atoms with van der Waals surface area (Å²) in [5.74, 6) is 0.359. The van der Waals surface area contributed by atoms with E-state index in [2.05, 4.69) is 21.2 Å². The lowest BCUT2D eigenvalue weighted by molar-refractivity contribution is 0.408. The normalized spacial score (nSPS) is 21.6. The number of halogens is 1. The van der Waals surface area contributed by atoms with Gasteiger partial charge in [-0.05, 0) is 49.6 Å². The number of piperidine rings is 1. The molecule has 15 heavy (non-hydrogen) atoms. The van der Waals surface area contributed by atoms with E-state index in [9.17, 15) is 5.11 Å². The molecule has 0 spiro atoms. The van der Waals surface area contributed by atoms with E-state index in [-0.39, 0.29) is 0 Å². The minimum atomic E-state index is 0.359. The lowest BCUT2D eigenvalue weighted by Crippen LogP contribution is -2.27. The largest absolute Gasteiger partial charge is 0.508 e. The Hall–Kier alpha value is -0.540. The van der Waals surface area contributed by atoms with Crippen molar-refractivity contribution >= 4 is 15.9 Å². The van der Waals surface area contributed by atoms with Crippen LogP contribution in [-0.4, -0.2) is 11.7 Å². The van der Waals surface area contributed by atoms with Gasteiger partial charge in [0.1, 0.15) is 5.75 Å². The Bertz CT molecular complexity index is 359. The van der Waals surface area contributed by atoms with E-state index in [1.165, 1.54) is 18.4 Å². The van der Waals surface area contributed by atoms with Gasteiger partial charge in [-0.2, -0.15) is 0 Å². The summed E-state index contributed by atoms with van der Waals surface area (Å²) in [5.41, 5.74) is 2.28. The molecule has 1 unspecified atom stereocenters. The fraction of sp³-hybridized carbons (Fsp3) is 0.500. The number of aromatic hydroxyl groups is 1. The summed E-state index contributed by atoms with van der Waals surface area (Å²) in [7, 11) is 0. The monoisotopic (exact) mass is 269 g/mol. The van der Waals surface area contributed by atoms with Gasteiger partial charge in [0.05, 0.1) is 0 Å². The zero-order chi connectivity index (χ0) is 10.8. The van der Waals surface area contributed by atoms with Crippen LogP contribution in [0.5, 0.6) is 5.75 Å². The predicted octanol–water partition coefficient (Wildman–Crippen LogP) is 3.28. The van der Waals surface area contributed by atoms with Gasteiger partial charge in [-0.25, -0.2) is 0 Å². The second-order valence-corrected chi connectivity index (χ2v) is 4.96. The van der Waals surface area contributed by atoms with Crippen LogP contribution in [0.1, 0.15) is 36.4 Å². The molecule has 0 radical (unpaired) electrons. The van der Waals surface area contributed by atoms with Gasteiger partial charge in [0.15, 0.2) is 0 Å². The first-order valence-electron chi connectivity index (χ1n) is 5.41. The van der Waals surface area contributed by atoms with Gasteiger partial charge < -0.3 is 10.4 Å². The van der Waals surface area contributed by atoms with Crippen molar-refractivity contribution in [3.05, 3.63) is 27.7 Å². The van der Waals surface area contributed by atoms with Gasteiger partial charge in [-0.1, -0.05) is 22.4 Å². The molecule has 0 bridgehead atoms. The quantitative estimate of drug-likeness (QED) is 0.820. The van der Waals surface area contributed by atoms with Gasteiger partial charge in [-0.15, -0.1) is 0 Å². The van der Waals surface area contributed by atoms with Crippen molar-refractivity contribution in [2.75, 3.05) is 6.54 Å². The summed E-state index contributed by atoms with van der Waals surface area (Å²) in [6, 6.07) is 4.04. The van der Waals surface area contributed by atoms with Gasteiger partial charge in [0.2, 0.25) is 0 Å². The minimum Gasteiger partial charge on any atom is -0.508 e. The number of hydrogen-bond donors (Lipinski definition) is 2. The lowest BCUT2D eigenvalue weighted by Gasteiger charge is -2.25. The van der Waals surface area contributed by atoms with Gasteiger partial charge >= 0.3 is 0 Å². The number of hydrogen-bond acceptors (Lipinski definition) is 2. The van der Waals surface area contributed by atoms with Crippen molar-refractivity contribution in [1.82, 2.24) is 5.32 Å². The van der Waals surface area contributed by atoms with Crippen LogP contribution in [0.4, 0.5) is 0 Å². The lowest BCUT2D eigenvalue weighted by atomic mass is 9.96. The third-order valence-electron chi connectivity index (χ3n) is 2.95. The third kappa shape index (κ3) is 2.34. The maximum Gasteiger partial charge on any atom is 0.116 e. The highest BCUT2D eigenvalue weighted by molar-refractivity contribution is 9.10. The molecule has 1 fully saturated rings. The summed E-state index contributed by atoms with van der Waals surface area (Å²) in [6.45, 7) is 3.09. The summed E-state index contributed by atoms with van der Waals surface area (Å²) >= 11 is 3.60. The van der Waals surface area contributed by atoms with E-state index in [1.807, 2.05) is 13.0 Å². The fourth-order valence-corrected chi connectivity index (χ4v) is 2.65. The Morgan fingerprint density at radius 2 is 2.20 bits per heavy atom. The number of aryl methyl sites for hydroxylation is 1. The number of phenolic OH excluding ortho intramolecular Hbond substituents is 1. The van der Waals surface area contributed by atoms with E-state index < -0.39 is 0 Å². The molecule has 2 N–H and O–H groups in total. The number of nitrogens with one attached hydrogen (secondary N) is 1. The molecule has 1 aliphatic rings. The molecular formula is C12H16BrNO. The van der Waals surface area contributed by atoms with Crippen LogP contribution < -0.4 is 5.32 Å². The molecule has 82 valence electrons. The zero-order valence-corrected chi connectivity index (χ0v) is 10.5. The van der Waals surface area contributed by atoms with E-state index in [4.69, 9.17) is 0 Å². The summed E-state index contributed by atoms with van der Waals surface area (Å²) in [4.78, 5) is 0. The molecular weight excluding hydrogens is 254 g/mol. The molecule has 1 heterocycles. The summed E-state index contributed by atoms with van der Waals surface area (Å²) < 4.78 is 1.12. The first kappa shape index (κ1) is 11.0. The SMILES string of the molecule is Cc1cc(O)cc(C2CCCCN2)c1Br. The summed E-state index contributed by atoms with van der Waals surface area (Å²) in [6.07, 6.45) is 3.67. The molecule has 0 saturated carbocycles. The molecule has 2 rings (SSSR count). The maximum atomic E-state index is 9.60. The van der Waals surface area contributed by atoms with Crippen molar-refractivity contribution in [3.8, 4) is 5.75 Å². The Kier molecular flexibility index (Phi) is 3.32. The maximum absolute atomic E-state index is 9.60. The molecule has 1 aromatic rings. The van der Waals surface area contributed by atoms with Crippen molar-refractivity contribution in [3.63, 3.8) is 0 Å². The van der Waals surface area contributed by atoms with E-state index in [0.717, 1.165) is 23.0 Å². The number of phenols is 1. The molecule has 0 aromatic heterocycles. The third-order valence-corrected chi connectivity index (χ3v) is 4.04. The number of benzene rings is 1. The molecule has 0 amide bonds. The topological polar surface area (TPSA) is 32.3 Å². The fourth-order valence-electron chi connectivity index (χ4n) is 2.15. The molecule has 1 aliphatic heterocycles. The second-order valence-electron chi connectivity index (χ2n) is 4.17. The van der Waals surface area contributed by atoms with Crippen molar-refractivity contribution in [2.45, 2.75) is 32.2 Å². The standard InChI is InChI=1S/C12H16BrNO/c1-8-6-9(15)7-10(12(8)13)11-4-2-3-5-14-11/h6-7,11,14-15H,2-5H2,1H3. The van der Waals surface area contributed by atoms with Gasteiger partial charge in [0.25, 0.3) is 0 Å². The van der Waals surface area contributed by atoms with Gasteiger partial charge in [-0.3, -0.25) is 0 Å². The Balaban J connectivity index is 2.33. The van der Waals surface area contributed by atoms with Gasteiger partial charge in [0, 0.05) is 10.5 Å². The molecule has 0 aliphatic carbocycles. The Morgan fingerprint density at radius 1 is 1.40 bits per heavy atom. The van der Waals surface area contributed by atoms with Crippen LogP contribution in [-0.2, 0) is 0 Å².